The third kappa shape index (κ3) is 1.91. The second-order valence-corrected chi connectivity index (χ2v) is 5.71. The van der Waals surface area contributed by atoms with Crippen LogP contribution >= 0.6 is 0 Å². The summed E-state index contributed by atoms with van der Waals surface area (Å²) >= 11 is -1.74. The Morgan fingerprint density at radius 2 is 1.77 bits per heavy atom. The molecule has 76 valence electrons. The molecule has 2 rings (SSSR count). The largest absolute Gasteiger partial charge is 0.304 e. The van der Waals surface area contributed by atoms with Gasteiger partial charge in [-0.05, 0) is 0 Å². The maximum Gasteiger partial charge on any atom is 0.304 e. The van der Waals surface area contributed by atoms with E-state index in [1.807, 2.05) is 0 Å². The highest BCUT2D eigenvalue weighted by Gasteiger charge is 2.47. The Morgan fingerprint density at radius 1 is 1.15 bits per heavy atom. The van der Waals surface area contributed by atoms with Gasteiger partial charge in [-0.15, -0.1) is 0 Å². The van der Waals surface area contributed by atoms with E-state index >= 15 is 0 Å². The molecule has 0 amide bonds. The van der Waals surface area contributed by atoms with Crippen LogP contribution in [0.15, 0.2) is 0 Å². The zero-order valence-corrected chi connectivity index (χ0v) is 8.23. The highest BCUT2D eigenvalue weighted by molar-refractivity contribution is 7.87. The maximum atomic E-state index is 11.0. The summed E-state index contributed by atoms with van der Waals surface area (Å²) in [6.07, 6.45) is 0. The van der Waals surface area contributed by atoms with E-state index in [0.29, 0.717) is 0 Å². The van der Waals surface area contributed by atoms with Crippen molar-refractivity contribution in [3.05, 3.63) is 0 Å². The first kappa shape index (κ1) is 9.53. The molecule has 0 aromatic heterocycles. The minimum absolute atomic E-state index is 0.0481. The van der Waals surface area contributed by atoms with Crippen molar-refractivity contribution >= 4 is 21.5 Å². The zero-order valence-electron chi connectivity index (χ0n) is 6.59. The Hall–Kier alpha value is -0.0200. The molecule has 0 N–H and O–H groups in total. The van der Waals surface area contributed by atoms with Crippen LogP contribution in [0.5, 0.6) is 0 Å². The molecule has 0 radical (unpaired) electrons. The lowest BCUT2D eigenvalue weighted by molar-refractivity contribution is 0.0385. The lowest BCUT2D eigenvalue weighted by atomic mass is 9.94. The summed E-state index contributed by atoms with van der Waals surface area (Å²) in [5.41, 5.74) is -0.660. The molecular formula is C5H8O6S2. The first-order valence-electron chi connectivity index (χ1n) is 3.57. The van der Waals surface area contributed by atoms with Gasteiger partial charge in [-0.3, -0.25) is 12.5 Å². The Morgan fingerprint density at radius 3 is 2.23 bits per heavy atom. The highest BCUT2D eigenvalue weighted by atomic mass is 32.2. The fourth-order valence-corrected chi connectivity index (χ4v) is 3.54. The Bertz CT molecular complexity index is 323. The second-order valence-electron chi connectivity index (χ2n) is 3.19. The molecular weight excluding hydrogens is 220 g/mol. The molecule has 2 saturated heterocycles. The van der Waals surface area contributed by atoms with Gasteiger partial charge in [-0.25, -0.2) is 0 Å². The summed E-state index contributed by atoms with van der Waals surface area (Å²) in [4.78, 5) is 0. The van der Waals surface area contributed by atoms with Crippen LogP contribution in [0.1, 0.15) is 0 Å². The topological polar surface area (TPSA) is 78.9 Å². The van der Waals surface area contributed by atoms with Crippen LogP contribution in [-0.4, -0.2) is 38.2 Å². The van der Waals surface area contributed by atoms with Crippen molar-refractivity contribution in [1.29, 1.82) is 0 Å². The van der Waals surface area contributed by atoms with Crippen molar-refractivity contribution in [2.75, 3.05) is 25.6 Å². The average Bonchev–Trinajstić information content (AvgIpc) is 2.35. The lowest BCUT2D eigenvalue weighted by Crippen LogP contribution is -2.40. The molecule has 13 heavy (non-hydrogen) atoms. The molecule has 6 nitrogen and oxygen atoms in total. The van der Waals surface area contributed by atoms with E-state index in [9.17, 15) is 12.6 Å². The van der Waals surface area contributed by atoms with Crippen molar-refractivity contribution in [3.63, 3.8) is 0 Å². The molecule has 2 heterocycles. The SMILES string of the molecule is O=S1OCC2(CO1)COS(=O)(=O)C2. The normalized spacial score (nSPS) is 43.8. The summed E-state index contributed by atoms with van der Waals surface area (Å²) in [5, 5.41) is 0. The van der Waals surface area contributed by atoms with Crippen LogP contribution in [0.3, 0.4) is 0 Å². The fourth-order valence-electron chi connectivity index (χ4n) is 1.26. The van der Waals surface area contributed by atoms with Crippen LogP contribution in [0.25, 0.3) is 0 Å². The van der Waals surface area contributed by atoms with Crippen LogP contribution in [0, 0.1) is 5.41 Å². The van der Waals surface area contributed by atoms with Gasteiger partial charge in [0.1, 0.15) is 0 Å². The van der Waals surface area contributed by atoms with Crippen molar-refractivity contribution in [2.45, 2.75) is 0 Å². The summed E-state index contributed by atoms with van der Waals surface area (Å²) in [6, 6.07) is 0. The molecule has 0 unspecified atom stereocenters. The van der Waals surface area contributed by atoms with E-state index in [-0.39, 0.29) is 25.6 Å². The summed E-state index contributed by atoms with van der Waals surface area (Å²) in [5.74, 6) is -0.128. The first-order valence-corrected chi connectivity index (χ1v) is 6.15. The van der Waals surface area contributed by atoms with Gasteiger partial charge in [-0.2, -0.15) is 12.6 Å². The van der Waals surface area contributed by atoms with Gasteiger partial charge in [0.2, 0.25) is 0 Å². The van der Waals surface area contributed by atoms with E-state index < -0.39 is 26.9 Å². The van der Waals surface area contributed by atoms with Crippen LogP contribution in [0.4, 0.5) is 0 Å². The maximum absolute atomic E-state index is 11.0. The fraction of sp³-hybridized carbons (Fsp3) is 1.00. The van der Waals surface area contributed by atoms with E-state index in [4.69, 9.17) is 8.37 Å². The molecule has 2 aliphatic rings. The third-order valence-corrected chi connectivity index (χ3v) is 4.01. The minimum Gasteiger partial charge on any atom is -0.269 e. The van der Waals surface area contributed by atoms with Gasteiger partial charge in [-0.1, -0.05) is 0 Å². The minimum atomic E-state index is -3.43. The van der Waals surface area contributed by atoms with E-state index in [1.165, 1.54) is 0 Å². The number of hydrogen-bond acceptors (Lipinski definition) is 6. The molecule has 2 aliphatic heterocycles. The zero-order chi connectivity index (χ0) is 9.53. The van der Waals surface area contributed by atoms with Gasteiger partial charge < -0.3 is 0 Å². The van der Waals surface area contributed by atoms with E-state index in [2.05, 4.69) is 4.18 Å². The van der Waals surface area contributed by atoms with Crippen molar-refractivity contribution in [2.24, 2.45) is 5.41 Å². The third-order valence-electron chi connectivity index (χ3n) is 1.95. The predicted octanol–water partition coefficient (Wildman–Crippen LogP) is -1.04. The molecule has 0 aliphatic carbocycles. The van der Waals surface area contributed by atoms with Gasteiger partial charge >= 0.3 is 11.4 Å². The second kappa shape index (κ2) is 2.99. The quantitative estimate of drug-likeness (QED) is 0.493. The van der Waals surface area contributed by atoms with Crippen LogP contribution in [0.2, 0.25) is 0 Å². The van der Waals surface area contributed by atoms with E-state index in [1.54, 1.807) is 0 Å². The van der Waals surface area contributed by atoms with Crippen molar-refractivity contribution in [1.82, 2.24) is 0 Å². The van der Waals surface area contributed by atoms with Crippen molar-refractivity contribution < 1.29 is 25.2 Å². The molecule has 0 saturated carbocycles. The average molecular weight is 228 g/mol. The highest BCUT2D eigenvalue weighted by Crippen LogP contribution is 2.32. The van der Waals surface area contributed by atoms with Gasteiger partial charge in [0, 0.05) is 0 Å². The van der Waals surface area contributed by atoms with E-state index in [0.717, 1.165) is 0 Å². The molecule has 0 atom stereocenters. The molecule has 2 fully saturated rings. The van der Waals surface area contributed by atoms with Crippen LogP contribution in [-0.2, 0) is 34.0 Å². The lowest BCUT2D eigenvalue weighted by Gasteiger charge is -2.27. The monoisotopic (exact) mass is 228 g/mol. The smallest absolute Gasteiger partial charge is 0.269 e. The molecule has 0 aromatic rings. The molecule has 8 heteroatoms. The molecule has 0 aromatic carbocycles. The van der Waals surface area contributed by atoms with Gasteiger partial charge in [0.05, 0.1) is 31.0 Å². The number of hydrogen-bond donors (Lipinski definition) is 0. The first-order chi connectivity index (χ1) is 6.02. The van der Waals surface area contributed by atoms with Crippen molar-refractivity contribution in [3.8, 4) is 0 Å². The Kier molecular flexibility index (Phi) is 2.19. The van der Waals surface area contributed by atoms with Crippen LogP contribution < -0.4 is 0 Å². The summed E-state index contributed by atoms with van der Waals surface area (Å²) in [7, 11) is -3.43. The standard InChI is InChI=1S/C5H8O6S2/c6-12-9-1-5(2-10-12)3-11-13(7,8)4-5/h1-4H2. The van der Waals surface area contributed by atoms with Gasteiger partial charge in [0.25, 0.3) is 10.1 Å². The Balaban J connectivity index is 2.12. The Labute approximate surface area is 78.2 Å². The summed E-state index contributed by atoms with van der Waals surface area (Å²) < 4.78 is 46.6. The van der Waals surface area contributed by atoms with Gasteiger partial charge in [0.15, 0.2) is 0 Å². The molecule has 0 bridgehead atoms. The summed E-state index contributed by atoms with van der Waals surface area (Å²) in [6.45, 7) is 0.240. The number of rotatable bonds is 0. The molecule has 1 spiro atoms. The predicted molar refractivity (Wildman–Crippen MR) is 42.2 cm³/mol.